The van der Waals surface area contributed by atoms with E-state index in [-0.39, 0.29) is 6.42 Å². The van der Waals surface area contributed by atoms with E-state index in [2.05, 4.69) is 22.0 Å². The lowest BCUT2D eigenvalue weighted by atomic mass is 10.1. The van der Waals surface area contributed by atoms with Crippen LogP contribution in [0.3, 0.4) is 0 Å². The van der Waals surface area contributed by atoms with Gasteiger partial charge in [-0.1, -0.05) is 24.3 Å². The predicted octanol–water partition coefficient (Wildman–Crippen LogP) is 2.67. The molecule has 1 aliphatic rings. The SMILES string of the molecule is O=C(O)CCN(Cc1cncc2ccccc12)C1CC1. The fraction of sp³-hybridized carbons (Fsp3) is 0.375. The Labute approximate surface area is 118 Å². The number of rotatable bonds is 6. The molecule has 2 aromatic rings. The first-order valence-corrected chi connectivity index (χ1v) is 7.01. The number of nitrogens with zero attached hydrogens (tertiary/aromatic N) is 2. The van der Waals surface area contributed by atoms with Gasteiger partial charge in [-0.3, -0.25) is 14.7 Å². The second-order valence-corrected chi connectivity index (χ2v) is 5.37. The number of carboxylic acids is 1. The van der Waals surface area contributed by atoms with Gasteiger partial charge in [0.25, 0.3) is 0 Å². The summed E-state index contributed by atoms with van der Waals surface area (Å²) in [4.78, 5) is 17.3. The van der Waals surface area contributed by atoms with Crippen molar-refractivity contribution in [2.45, 2.75) is 31.8 Å². The Balaban J connectivity index is 1.81. The Morgan fingerprint density at radius 2 is 2.10 bits per heavy atom. The van der Waals surface area contributed by atoms with Crippen molar-refractivity contribution in [3.63, 3.8) is 0 Å². The van der Waals surface area contributed by atoms with Crippen LogP contribution in [0.25, 0.3) is 10.8 Å². The van der Waals surface area contributed by atoms with E-state index in [0.29, 0.717) is 12.6 Å². The van der Waals surface area contributed by atoms with Crippen molar-refractivity contribution < 1.29 is 9.90 Å². The first-order chi connectivity index (χ1) is 9.74. The van der Waals surface area contributed by atoms with Crippen LogP contribution in [0.5, 0.6) is 0 Å². The van der Waals surface area contributed by atoms with Crippen molar-refractivity contribution in [3.05, 3.63) is 42.2 Å². The molecule has 1 aromatic carbocycles. The summed E-state index contributed by atoms with van der Waals surface area (Å²) in [7, 11) is 0. The largest absolute Gasteiger partial charge is 0.481 e. The molecule has 0 amide bonds. The molecule has 0 bridgehead atoms. The van der Waals surface area contributed by atoms with Crippen molar-refractivity contribution in [3.8, 4) is 0 Å². The fourth-order valence-corrected chi connectivity index (χ4v) is 2.59. The lowest BCUT2D eigenvalue weighted by molar-refractivity contribution is -0.137. The second kappa shape index (κ2) is 5.59. The van der Waals surface area contributed by atoms with Crippen molar-refractivity contribution >= 4 is 16.7 Å². The zero-order valence-electron chi connectivity index (χ0n) is 11.3. The molecule has 1 aliphatic carbocycles. The monoisotopic (exact) mass is 270 g/mol. The maximum atomic E-state index is 10.8. The minimum absolute atomic E-state index is 0.203. The highest BCUT2D eigenvalue weighted by atomic mass is 16.4. The van der Waals surface area contributed by atoms with Crippen LogP contribution in [-0.2, 0) is 11.3 Å². The van der Waals surface area contributed by atoms with E-state index in [1.807, 2.05) is 24.5 Å². The van der Waals surface area contributed by atoms with Gasteiger partial charge < -0.3 is 5.11 Å². The van der Waals surface area contributed by atoms with E-state index >= 15 is 0 Å². The quantitative estimate of drug-likeness (QED) is 0.876. The normalized spacial score (nSPS) is 14.8. The molecular formula is C16H18N2O2. The van der Waals surface area contributed by atoms with Crippen LogP contribution in [0.4, 0.5) is 0 Å². The van der Waals surface area contributed by atoms with Gasteiger partial charge in [-0.05, 0) is 23.8 Å². The molecule has 1 saturated carbocycles. The molecule has 1 fully saturated rings. The molecule has 1 N–H and O–H groups in total. The zero-order chi connectivity index (χ0) is 13.9. The van der Waals surface area contributed by atoms with E-state index in [4.69, 9.17) is 5.11 Å². The lowest BCUT2D eigenvalue weighted by Gasteiger charge is -2.21. The molecule has 104 valence electrons. The molecule has 0 spiro atoms. The van der Waals surface area contributed by atoms with Gasteiger partial charge in [0.2, 0.25) is 0 Å². The maximum absolute atomic E-state index is 10.8. The van der Waals surface area contributed by atoms with E-state index in [9.17, 15) is 4.79 Å². The smallest absolute Gasteiger partial charge is 0.304 e. The van der Waals surface area contributed by atoms with Crippen LogP contribution in [0, 0.1) is 0 Å². The molecule has 3 rings (SSSR count). The Kier molecular flexibility index (Phi) is 3.65. The first-order valence-electron chi connectivity index (χ1n) is 7.01. The van der Waals surface area contributed by atoms with Crippen molar-refractivity contribution in [2.75, 3.05) is 6.54 Å². The molecule has 1 aromatic heterocycles. The first kappa shape index (κ1) is 13.1. The number of hydrogen-bond donors (Lipinski definition) is 1. The van der Waals surface area contributed by atoms with Crippen LogP contribution in [0.15, 0.2) is 36.7 Å². The van der Waals surface area contributed by atoms with Crippen LogP contribution >= 0.6 is 0 Å². The molecule has 0 radical (unpaired) electrons. The maximum Gasteiger partial charge on any atom is 0.304 e. The van der Waals surface area contributed by atoms with Gasteiger partial charge in [0.15, 0.2) is 0 Å². The summed E-state index contributed by atoms with van der Waals surface area (Å²) in [5, 5.41) is 11.2. The summed E-state index contributed by atoms with van der Waals surface area (Å²) in [5.74, 6) is -0.730. The number of fused-ring (bicyclic) bond motifs is 1. The number of hydrogen-bond acceptors (Lipinski definition) is 3. The van der Waals surface area contributed by atoms with Crippen molar-refractivity contribution in [1.82, 2.24) is 9.88 Å². The van der Waals surface area contributed by atoms with Crippen LogP contribution in [0.1, 0.15) is 24.8 Å². The summed E-state index contributed by atoms with van der Waals surface area (Å²) >= 11 is 0. The van der Waals surface area contributed by atoms with Gasteiger partial charge in [-0.25, -0.2) is 0 Å². The van der Waals surface area contributed by atoms with Gasteiger partial charge in [-0.15, -0.1) is 0 Å². The molecule has 0 atom stereocenters. The predicted molar refractivity (Wildman–Crippen MR) is 77.4 cm³/mol. The van der Waals surface area contributed by atoms with Crippen LogP contribution < -0.4 is 0 Å². The van der Waals surface area contributed by atoms with E-state index < -0.39 is 5.97 Å². The van der Waals surface area contributed by atoms with Gasteiger partial charge >= 0.3 is 5.97 Å². The minimum atomic E-state index is -0.730. The Hall–Kier alpha value is -1.94. The highest BCUT2D eigenvalue weighted by Crippen LogP contribution is 2.29. The Morgan fingerprint density at radius 3 is 2.85 bits per heavy atom. The Morgan fingerprint density at radius 1 is 1.30 bits per heavy atom. The molecule has 0 unspecified atom stereocenters. The van der Waals surface area contributed by atoms with E-state index in [1.54, 1.807) is 0 Å². The zero-order valence-corrected chi connectivity index (χ0v) is 11.3. The van der Waals surface area contributed by atoms with Crippen molar-refractivity contribution in [1.29, 1.82) is 0 Å². The number of pyridine rings is 1. The number of aliphatic carboxylic acids is 1. The molecular weight excluding hydrogens is 252 g/mol. The third-order valence-corrected chi connectivity index (χ3v) is 3.80. The average molecular weight is 270 g/mol. The van der Waals surface area contributed by atoms with Gasteiger partial charge in [-0.2, -0.15) is 0 Å². The number of aromatic nitrogens is 1. The summed E-state index contributed by atoms with van der Waals surface area (Å²) < 4.78 is 0. The number of carboxylic acid groups (broad SMARTS) is 1. The summed E-state index contributed by atoms with van der Waals surface area (Å²) in [6, 6.07) is 8.76. The topological polar surface area (TPSA) is 53.4 Å². The standard InChI is InChI=1S/C16H18N2O2/c19-16(20)7-8-18(14-5-6-14)11-13-10-17-9-12-3-1-2-4-15(12)13/h1-4,9-10,14H,5-8,11H2,(H,19,20). The van der Waals surface area contributed by atoms with Crippen LogP contribution in [-0.4, -0.2) is 33.5 Å². The number of carbonyl (C=O) groups is 1. The molecule has 4 heteroatoms. The van der Waals surface area contributed by atoms with Gasteiger partial charge in [0.05, 0.1) is 6.42 Å². The fourth-order valence-electron chi connectivity index (χ4n) is 2.59. The van der Waals surface area contributed by atoms with E-state index in [1.165, 1.54) is 23.8 Å². The summed E-state index contributed by atoms with van der Waals surface area (Å²) in [5.41, 5.74) is 1.18. The minimum Gasteiger partial charge on any atom is -0.481 e. The number of benzene rings is 1. The molecule has 4 nitrogen and oxygen atoms in total. The molecule has 0 saturated heterocycles. The lowest BCUT2D eigenvalue weighted by Crippen LogP contribution is -2.28. The highest BCUT2D eigenvalue weighted by molar-refractivity contribution is 5.84. The second-order valence-electron chi connectivity index (χ2n) is 5.37. The van der Waals surface area contributed by atoms with Gasteiger partial charge in [0, 0.05) is 36.9 Å². The highest BCUT2D eigenvalue weighted by Gasteiger charge is 2.29. The van der Waals surface area contributed by atoms with Gasteiger partial charge in [0.1, 0.15) is 0 Å². The third kappa shape index (κ3) is 2.96. The third-order valence-electron chi connectivity index (χ3n) is 3.80. The van der Waals surface area contributed by atoms with Crippen LogP contribution in [0.2, 0.25) is 0 Å². The molecule has 20 heavy (non-hydrogen) atoms. The summed E-state index contributed by atoms with van der Waals surface area (Å²) in [6.07, 6.45) is 6.33. The average Bonchev–Trinajstić information content (AvgIpc) is 3.28. The Bertz CT molecular complexity index is 617. The molecule has 0 aliphatic heterocycles. The van der Waals surface area contributed by atoms with E-state index in [0.717, 1.165) is 11.9 Å². The molecule has 1 heterocycles. The summed E-state index contributed by atoms with van der Waals surface area (Å²) in [6.45, 7) is 1.40. The van der Waals surface area contributed by atoms with Crippen molar-refractivity contribution in [2.24, 2.45) is 0 Å².